The third kappa shape index (κ3) is 3.50. The number of nitrogens with zero attached hydrogens (tertiary/aromatic N) is 3. The van der Waals surface area contributed by atoms with Crippen molar-refractivity contribution in [3.05, 3.63) is 71.8 Å². The minimum atomic E-state index is -0.746. The summed E-state index contributed by atoms with van der Waals surface area (Å²) in [6, 6.07) is 22.7. The Balaban J connectivity index is 1.33. The third-order valence-corrected chi connectivity index (χ3v) is 7.57. The molecule has 5 heteroatoms. The molecule has 3 fully saturated rings. The largest absolute Gasteiger partial charge is 0.465 e. The highest BCUT2D eigenvalue weighted by Crippen LogP contribution is 2.39. The minimum absolute atomic E-state index is 0.0882. The average molecular weight is 406 g/mol. The molecule has 3 aliphatic rings. The highest BCUT2D eigenvalue weighted by atomic mass is 16.4. The Morgan fingerprint density at radius 2 is 1.40 bits per heavy atom. The van der Waals surface area contributed by atoms with E-state index in [9.17, 15) is 9.90 Å². The van der Waals surface area contributed by atoms with Gasteiger partial charge in [-0.3, -0.25) is 9.80 Å². The predicted octanol–water partition coefficient (Wildman–Crippen LogP) is 4.07. The van der Waals surface area contributed by atoms with Gasteiger partial charge in [-0.1, -0.05) is 60.7 Å². The van der Waals surface area contributed by atoms with E-state index in [1.807, 2.05) is 17.0 Å². The fraction of sp³-hybridized carbons (Fsp3) is 0.480. The first-order chi connectivity index (χ1) is 14.6. The molecule has 3 heterocycles. The summed E-state index contributed by atoms with van der Waals surface area (Å²) in [5, 5.41) is 10.1. The Hall–Kier alpha value is -2.37. The second-order valence-corrected chi connectivity index (χ2v) is 9.20. The van der Waals surface area contributed by atoms with Crippen molar-refractivity contribution in [2.45, 2.75) is 55.9 Å². The smallest absolute Gasteiger partial charge is 0.407 e. The van der Waals surface area contributed by atoms with Gasteiger partial charge >= 0.3 is 6.09 Å². The number of carboxylic acid groups (broad SMARTS) is 1. The van der Waals surface area contributed by atoms with E-state index in [1.54, 1.807) is 0 Å². The van der Waals surface area contributed by atoms with Crippen LogP contribution in [0.15, 0.2) is 60.7 Å². The summed E-state index contributed by atoms with van der Waals surface area (Å²) in [7, 11) is 2.21. The van der Waals surface area contributed by atoms with Gasteiger partial charge in [-0.05, 0) is 43.9 Å². The molecule has 5 rings (SSSR count). The maximum absolute atomic E-state index is 12.3. The normalized spacial score (nSPS) is 27.2. The quantitative estimate of drug-likeness (QED) is 0.815. The molecule has 2 bridgehead atoms. The van der Waals surface area contributed by atoms with Crippen molar-refractivity contribution in [3.63, 3.8) is 0 Å². The SMILES string of the molecule is CN1[C@@H]2CC[C@H]1CC(N(C(=O)O)C1CN(C(c3ccccc3)c3ccccc3)C1)C2. The maximum atomic E-state index is 12.3. The molecule has 0 radical (unpaired) electrons. The molecule has 158 valence electrons. The number of benzene rings is 2. The molecule has 3 atom stereocenters. The first-order valence-corrected chi connectivity index (χ1v) is 11.2. The molecule has 30 heavy (non-hydrogen) atoms. The second kappa shape index (κ2) is 8.05. The standard InChI is InChI=1S/C25H31N3O2/c1-26-20-12-13-21(26)15-22(14-20)28(25(29)30)23-16-27(17-23)24(18-8-4-2-5-9-18)19-10-6-3-7-11-19/h2-11,20-24H,12-17H2,1H3,(H,29,30)/t20-,21+,22?. The molecule has 0 spiro atoms. The maximum Gasteiger partial charge on any atom is 0.407 e. The van der Waals surface area contributed by atoms with Gasteiger partial charge in [-0.25, -0.2) is 4.79 Å². The first kappa shape index (κ1) is 19.6. The number of likely N-dealkylation sites (tertiary alicyclic amines) is 1. The fourth-order valence-corrected chi connectivity index (χ4v) is 5.98. The van der Waals surface area contributed by atoms with Gasteiger partial charge in [0.25, 0.3) is 0 Å². The van der Waals surface area contributed by atoms with Crippen molar-refractivity contribution in [1.82, 2.24) is 14.7 Å². The van der Waals surface area contributed by atoms with Crippen LogP contribution in [0.25, 0.3) is 0 Å². The van der Waals surface area contributed by atoms with E-state index in [0.717, 1.165) is 25.9 Å². The van der Waals surface area contributed by atoms with Crippen molar-refractivity contribution in [2.75, 3.05) is 20.1 Å². The first-order valence-electron chi connectivity index (χ1n) is 11.2. The summed E-state index contributed by atoms with van der Waals surface area (Å²) in [4.78, 5) is 19.0. The zero-order chi connectivity index (χ0) is 20.7. The zero-order valence-electron chi connectivity index (χ0n) is 17.6. The molecule has 1 unspecified atom stereocenters. The van der Waals surface area contributed by atoms with E-state index in [0.29, 0.717) is 12.1 Å². The van der Waals surface area contributed by atoms with E-state index in [-0.39, 0.29) is 18.1 Å². The highest BCUT2D eigenvalue weighted by molar-refractivity contribution is 5.66. The molecule has 0 aliphatic carbocycles. The lowest BCUT2D eigenvalue weighted by Crippen LogP contribution is -2.65. The number of piperidine rings is 1. The summed E-state index contributed by atoms with van der Waals surface area (Å²) < 4.78 is 0. The van der Waals surface area contributed by atoms with E-state index >= 15 is 0 Å². The summed E-state index contributed by atoms with van der Waals surface area (Å²) in [6.07, 6.45) is 3.65. The van der Waals surface area contributed by atoms with E-state index in [1.165, 1.54) is 24.0 Å². The van der Waals surface area contributed by atoms with Crippen molar-refractivity contribution in [2.24, 2.45) is 0 Å². The number of fused-ring (bicyclic) bond motifs is 2. The van der Waals surface area contributed by atoms with Crippen LogP contribution in [-0.2, 0) is 0 Å². The molecule has 0 saturated carbocycles. The van der Waals surface area contributed by atoms with E-state index in [4.69, 9.17) is 0 Å². The molecular formula is C25H31N3O2. The van der Waals surface area contributed by atoms with Crippen molar-refractivity contribution in [1.29, 1.82) is 0 Å². The van der Waals surface area contributed by atoms with Crippen molar-refractivity contribution < 1.29 is 9.90 Å². The minimum Gasteiger partial charge on any atom is -0.465 e. The van der Waals surface area contributed by atoms with Gasteiger partial charge < -0.3 is 10.0 Å². The Morgan fingerprint density at radius 3 is 1.87 bits per heavy atom. The lowest BCUT2D eigenvalue weighted by molar-refractivity contribution is -0.0199. The summed E-state index contributed by atoms with van der Waals surface area (Å²) in [6.45, 7) is 1.59. The van der Waals surface area contributed by atoms with Crippen molar-refractivity contribution in [3.8, 4) is 0 Å². The van der Waals surface area contributed by atoms with Crippen LogP contribution in [0.3, 0.4) is 0 Å². The molecule has 5 nitrogen and oxygen atoms in total. The van der Waals surface area contributed by atoms with Gasteiger partial charge in [0.05, 0.1) is 12.1 Å². The topological polar surface area (TPSA) is 47.0 Å². The van der Waals surface area contributed by atoms with Crippen LogP contribution < -0.4 is 0 Å². The lowest BCUT2D eigenvalue weighted by Gasteiger charge is -2.52. The average Bonchev–Trinajstić information content (AvgIpc) is 2.94. The Bertz CT molecular complexity index is 815. The lowest BCUT2D eigenvalue weighted by atomic mass is 9.90. The number of hydrogen-bond donors (Lipinski definition) is 1. The van der Waals surface area contributed by atoms with Crippen LogP contribution in [0, 0.1) is 0 Å². The molecule has 1 N–H and O–H groups in total. The van der Waals surface area contributed by atoms with Gasteiger partial charge in [-0.2, -0.15) is 0 Å². The highest BCUT2D eigenvalue weighted by Gasteiger charge is 2.46. The zero-order valence-corrected chi connectivity index (χ0v) is 17.6. The van der Waals surface area contributed by atoms with Gasteiger partial charge in [-0.15, -0.1) is 0 Å². The number of hydrogen-bond acceptors (Lipinski definition) is 3. The molecule has 3 aliphatic heterocycles. The molecule has 0 aromatic heterocycles. The molecular weight excluding hydrogens is 374 g/mol. The molecule has 3 saturated heterocycles. The van der Waals surface area contributed by atoms with Crippen LogP contribution in [0.1, 0.15) is 42.9 Å². The third-order valence-electron chi connectivity index (χ3n) is 7.57. The van der Waals surface area contributed by atoms with Gasteiger partial charge in [0.2, 0.25) is 0 Å². The van der Waals surface area contributed by atoms with Gasteiger partial charge in [0, 0.05) is 31.2 Å². The number of rotatable bonds is 5. The molecule has 2 aromatic rings. The summed E-state index contributed by atoms with van der Waals surface area (Å²) >= 11 is 0. The Morgan fingerprint density at radius 1 is 0.900 bits per heavy atom. The number of amides is 1. The monoisotopic (exact) mass is 405 g/mol. The number of carbonyl (C=O) groups is 1. The molecule has 1 amide bonds. The Labute approximate surface area is 178 Å². The summed E-state index contributed by atoms with van der Waals surface area (Å²) in [5.74, 6) is 0. The fourth-order valence-electron chi connectivity index (χ4n) is 5.98. The van der Waals surface area contributed by atoms with E-state index in [2.05, 4.69) is 65.4 Å². The predicted molar refractivity (Wildman–Crippen MR) is 118 cm³/mol. The summed E-state index contributed by atoms with van der Waals surface area (Å²) in [5.41, 5.74) is 2.53. The van der Waals surface area contributed by atoms with Crippen LogP contribution >= 0.6 is 0 Å². The van der Waals surface area contributed by atoms with Crippen LogP contribution in [0.2, 0.25) is 0 Å². The van der Waals surface area contributed by atoms with E-state index < -0.39 is 6.09 Å². The van der Waals surface area contributed by atoms with Crippen LogP contribution in [-0.4, -0.2) is 70.2 Å². The van der Waals surface area contributed by atoms with Gasteiger partial charge in [0.15, 0.2) is 0 Å². The van der Waals surface area contributed by atoms with Crippen molar-refractivity contribution >= 4 is 6.09 Å². The Kier molecular flexibility index (Phi) is 5.25. The van der Waals surface area contributed by atoms with Gasteiger partial charge in [0.1, 0.15) is 0 Å². The molecule has 2 aromatic carbocycles. The second-order valence-electron chi connectivity index (χ2n) is 9.20. The van der Waals surface area contributed by atoms with Crippen LogP contribution in [0.4, 0.5) is 4.79 Å². The van der Waals surface area contributed by atoms with Crippen LogP contribution in [0.5, 0.6) is 0 Å².